The van der Waals surface area contributed by atoms with Crippen LogP contribution in [0.3, 0.4) is 0 Å². The Labute approximate surface area is 139 Å². The van der Waals surface area contributed by atoms with Gasteiger partial charge in [0.25, 0.3) is 0 Å². The highest BCUT2D eigenvalue weighted by Gasteiger charge is 2.13. The quantitative estimate of drug-likeness (QED) is 0.760. The molecule has 122 valence electrons. The van der Waals surface area contributed by atoms with Gasteiger partial charge in [0.05, 0.1) is 0 Å². The van der Waals surface area contributed by atoms with Crippen molar-refractivity contribution in [3.8, 4) is 0 Å². The van der Waals surface area contributed by atoms with Crippen LogP contribution in [0.4, 0.5) is 4.79 Å². The Kier molecular flexibility index (Phi) is 14.8. The number of halogens is 2. The lowest BCUT2D eigenvalue weighted by molar-refractivity contribution is 0.0970. The van der Waals surface area contributed by atoms with E-state index in [1.165, 1.54) is 0 Å². The molecule has 0 bridgehead atoms. The van der Waals surface area contributed by atoms with Crippen molar-refractivity contribution in [3.63, 3.8) is 0 Å². The van der Waals surface area contributed by atoms with Crippen LogP contribution in [0.1, 0.15) is 5.56 Å². The first-order chi connectivity index (χ1) is 9.27. The number of nitrogens with zero attached hydrogens (tertiary/aromatic N) is 1. The highest BCUT2D eigenvalue weighted by molar-refractivity contribution is 5.85. The standard InChI is InChI=1S/C14H23N3O2.2ClH/c1-15-8-10-17(11-9-16-2)14(18)19-12-13-6-4-3-5-7-13;;/h3-7,15-16H,8-12H2,1-2H3;2*1H. The van der Waals surface area contributed by atoms with Gasteiger partial charge in [-0.05, 0) is 19.7 Å². The number of hydrogen-bond donors (Lipinski definition) is 2. The topological polar surface area (TPSA) is 53.6 Å². The lowest BCUT2D eigenvalue weighted by atomic mass is 10.2. The average Bonchev–Trinajstić information content (AvgIpc) is 2.46. The van der Waals surface area contributed by atoms with E-state index in [0.717, 1.165) is 18.7 Å². The maximum atomic E-state index is 12.0. The monoisotopic (exact) mass is 337 g/mol. The maximum Gasteiger partial charge on any atom is 0.410 e. The normalized spacial score (nSPS) is 9.24. The summed E-state index contributed by atoms with van der Waals surface area (Å²) in [4.78, 5) is 13.7. The Morgan fingerprint density at radius 3 is 2.05 bits per heavy atom. The Balaban J connectivity index is 0. The van der Waals surface area contributed by atoms with E-state index in [1.807, 2.05) is 44.4 Å². The van der Waals surface area contributed by atoms with Gasteiger partial charge in [0.15, 0.2) is 0 Å². The number of nitrogens with one attached hydrogen (secondary N) is 2. The number of likely N-dealkylation sites (N-methyl/N-ethyl adjacent to an activating group) is 2. The second-order valence-electron chi connectivity index (χ2n) is 4.23. The molecule has 1 amide bonds. The van der Waals surface area contributed by atoms with Crippen LogP contribution in [0.2, 0.25) is 0 Å². The fourth-order valence-corrected chi connectivity index (χ4v) is 1.60. The fraction of sp³-hybridized carbons (Fsp3) is 0.500. The minimum atomic E-state index is -0.269. The SMILES string of the molecule is CNCCN(CCNC)C(=O)OCc1ccccc1.Cl.Cl. The van der Waals surface area contributed by atoms with Gasteiger partial charge in [-0.3, -0.25) is 0 Å². The van der Waals surface area contributed by atoms with Gasteiger partial charge in [0, 0.05) is 26.2 Å². The van der Waals surface area contributed by atoms with Crippen molar-refractivity contribution in [2.24, 2.45) is 0 Å². The summed E-state index contributed by atoms with van der Waals surface area (Å²) in [6, 6.07) is 9.70. The molecule has 0 saturated heterocycles. The molecule has 0 atom stereocenters. The van der Waals surface area contributed by atoms with Crippen LogP contribution in [0.15, 0.2) is 30.3 Å². The summed E-state index contributed by atoms with van der Waals surface area (Å²) in [6.07, 6.45) is -0.269. The smallest absolute Gasteiger partial charge is 0.410 e. The Morgan fingerprint density at radius 1 is 1.05 bits per heavy atom. The van der Waals surface area contributed by atoms with Gasteiger partial charge in [-0.1, -0.05) is 30.3 Å². The van der Waals surface area contributed by atoms with Crippen LogP contribution in [-0.2, 0) is 11.3 Å². The molecule has 21 heavy (non-hydrogen) atoms. The van der Waals surface area contributed by atoms with Crippen molar-refractivity contribution in [3.05, 3.63) is 35.9 Å². The largest absolute Gasteiger partial charge is 0.445 e. The van der Waals surface area contributed by atoms with Crippen molar-refractivity contribution in [1.29, 1.82) is 0 Å². The lowest BCUT2D eigenvalue weighted by Crippen LogP contribution is -2.40. The molecule has 0 aliphatic heterocycles. The Morgan fingerprint density at radius 2 is 1.57 bits per heavy atom. The van der Waals surface area contributed by atoms with Crippen LogP contribution >= 0.6 is 24.8 Å². The summed E-state index contributed by atoms with van der Waals surface area (Å²) < 4.78 is 5.32. The molecule has 0 radical (unpaired) electrons. The number of carbonyl (C=O) groups is 1. The van der Waals surface area contributed by atoms with Crippen LogP contribution in [0, 0.1) is 0 Å². The Hall–Kier alpha value is -1.01. The van der Waals surface area contributed by atoms with Gasteiger partial charge in [0.1, 0.15) is 6.61 Å². The molecule has 0 saturated carbocycles. The molecule has 7 heteroatoms. The Bertz CT molecular complexity index is 358. The summed E-state index contributed by atoms with van der Waals surface area (Å²) >= 11 is 0. The minimum absolute atomic E-state index is 0. The molecule has 0 heterocycles. The van der Waals surface area contributed by atoms with Crippen LogP contribution in [0.25, 0.3) is 0 Å². The number of hydrogen-bond acceptors (Lipinski definition) is 4. The summed E-state index contributed by atoms with van der Waals surface area (Å²) in [5.74, 6) is 0. The third-order valence-electron chi connectivity index (χ3n) is 2.73. The van der Waals surface area contributed by atoms with Gasteiger partial charge in [-0.2, -0.15) is 0 Å². The average molecular weight is 338 g/mol. The molecule has 0 aliphatic rings. The molecule has 0 aliphatic carbocycles. The van der Waals surface area contributed by atoms with Gasteiger partial charge in [-0.15, -0.1) is 24.8 Å². The van der Waals surface area contributed by atoms with Crippen molar-refractivity contribution in [1.82, 2.24) is 15.5 Å². The van der Waals surface area contributed by atoms with Crippen molar-refractivity contribution in [2.75, 3.05) is 40.3 Å². The van der Waals surface area contributed by atoms with E-state index in [4.69, 9.17) is 4.74 Å². The van der Waals surface area contributed by atoms with Gasteiger partial charge < -0.3 is 20.3 Å². The highest BCUT2D eigenvalue weighted by atomic mass is 35.5. The zero-order chi connectivity index (χ0) is 13.9. The van der Waals surface area contributed by atoms with E-state index in [-0.39, 0.29) is 30.9 Å². The zero-order valence-electron chi connectivity index (χ0n) is 12.5. The molecule has 0 unspecified atom stereocenters. The van der Waals surface area contributed by atoms with Gasteiger partial charge in [-0.25, -0.2) is 4.79 Å². The lowest BCUT2D eigenvalue weighted by Gasteiger charge is -2.21. The number of ether oxygens (including phenoxy) is 1. The highest BCUT2D eigenvalue weighted by Crippen LogP contribution is 2.03. The summed E-state index contributed by atoms with van der Waals surface area (Å²) in [7, 11) is 3.73. The number of rotatable bonds is 8. The van der Waals surface area contributed by atoms with Crippen LogP contribution in [-0.4, -0.2) is 51.3 Å². The molecular weight excluding hydrogens is 313 g/mol. The first-order valence-electron chi connectivity index (χ1n) is 6.52. The third-order valence-corrected chi connectivity index (χ3v) is 2.73. The second kappa shape index (κ2) is 13.9. The second-order valence-corrected chi connectivity index (χ2v) is 4.23. The minimum Gasteiger partial charge on any atom is -0.445 e. The number of benzene rings is 1. The zero-order valence-corrected chi connectivity index (χ0v) is 14.1. The summed E-state index contributed by atoms with van der Waals surface area (Å²) in [5, 5.41) is 6.07. The molecular formula is C14H25Cl2N3O2. The van der Waals surface area contributed by atoms with E-state index in [1.54, 1.807) is 4.90 Å². The van der Waals surface area contributed by atoms with E-state index < -0.39 is 0 Å². The third kappa shape index (κ3) is 9.52. The molecule has 1 rings (SSSR count). The first kappa shape index (κ1) is 22.3. The van der Waals surface area contributed by atoms with E-state index in [9.17, 15) is 4.79 Å². The van der Waals surface area contributed by atoms with Gasteiger partial charge in [0.2, 0.25) is 0 Å². The summed E-state index contributed by atoms with van der Waals surface area (Å²) in [5.41, 5.74) is 0.998. The van der Waals surface area contributed by atoms with Crippen molar-refractivity contribution >= 4 is 30.9 Å². The molecule has 0 spiro atoms. The first-order valence-corrected chi connectivity index (χ1v) is 6.52. The molecule has 0 aromatic heterocycles. The van der Waals surface area contributed by atoms with Gasteiger partial charge >= 0.3 is 6.09 Å². The predicted octanol–water partition coefficient (Wildman–Crippen LogP) is 1.91. The molecule has 5 nitrogen and oxygen atoms in total. The molecule has 2 N–H and O–H groups in total. The van der Waals surface area contributed by atoms with Crippen molar-refractivity contribution in [2.45, 2.75) is 6.61 Å². The predicted molar refractivity (Wildman–Crippen MR) is 90.5 cm³/mol. The molecule has 0 fully saturated rings. The number of amides is 1. The van der Waals surface area contributed by atoms with E-state index >= 15 is 0 Å². The molecule has 1 aromatic rings. The van der Waals surface area contributed by atoms with E-state index in [2.05, 4.69) is 10.6 Å². The number of carbonyl (C=O) groups excluding carboxylic acids is 1. The van der Waals surface area contributed by atoms with Crippen molar-refractivity contribution < 1.29 is 9.53 Å². The summed E-state index contributed by atoms with van der Waals surface area (Å²) in [6.45, 7) is 3.11. The van der Waals surface area contributed by atoms with E-state index in [0.29, 0.717) is 19.7 Å². The van der Waals surface area contributed by atoms with Crippen LogP contribution < -0.4 is 10.6 Å². The fourth-order valence-electron chi connectivity index (χ4n) is 1.60. The maximum absolute atomic E-state index is 12.0. The van der Waals surface area contributed by atoms with Crippen LogP contribution in [0.5, 0.6) is 0 Å². The molecule has 1 aromatic carbocycles.